The molecule has 3 aromatic rings. The lowest BCUT2D eigenvalue weighted by Gasteiger charge is -2.09. The molecule has 2 aromatic heterocycles. The fourth-order valence-electron chi connectivity index (χ4n) is 2.02. The molecule has 19 heavy (non-hydrogen) atoms. The van der Waals surface area contributed by atoms with Crippen LogP contribution >= 0.6 is 11.8 Å². The summed E-state index contributed by atoms with van der Waals surface area (Å²) in [5.41, 5.74) is 1.98. The van der Waals surface area contributed by atoms with E-state index in [0.29, 0.717) is 10.9 Å². The Morgan fingerprint density at radius 2 is 2.00 bits per heavy atom. The highest BCUT2D eigenvalue weighted by molar-refractivity contribution is 8.00. The van der Waals surface area contributed by atoms with Crippen LogP contribution in [0.25, 0.3) is 16.8 Å². The van der Waals surface area contributed by atoms with E-state index in [1.54, 1.807) is 6.92 Å². The van der Waals surface area contributed by atoms with E-state index in [1.807, 2.05) is 40.3 Å². The number of hydrogen-bond donors (Lipinski definition) is 0. The Balaban J connectivity index is 2.22. The van der Waals surface area contributed by atoms with Gasteiger partial charge in [-0.2, -0.15) is 0 Å². The predicted molar refractivity (Wildman–Crippen MR) is 69.8 cm³/mol. The summed E-state index contributed by atoms with van der Waals surface area (Å²) in [5, 5.41) is 18.9. The maximum absolute atomic E-state index is 10.8. The zero-order chi connectivity index (χ0) is 13.6. The number of hydrogen-bond acceptors (Lipinski definition) is 5. The number of nitrogens with zero attached hydrogens (tertiary/aromatic N) is 4. The van der Waals surface area contributed by atoms with Crippen LogP contribution in [0.5, 0.6) is 0 Å². The number of aromatic nitrogens is 4. The first-order valence-corrected chi connectivity index (χ1v) is 6.63. The second kappa shape index (κ2) is 4.27. The molecule has 6 nitrogen and oxygen atoms in total. The lowest BCUT2D eigenvalue weighted by atomic mass is 10.3. The van der Waals surface area contributed by atoms with Gasteiger partial charge >= 0.3 is 0 Å². The van der Waals surface area contributed by atoms with Crippen molar-refractivity contribution in [2.75, 3.05) is 0 Å². The minimum absolute atomic E-state index is 0.559. The number of aryl methyl sites for hydroxylation is 1. The maximum atomic E-state index is 10.8. The van der Waals surface area contributed by atoms with Crippen LogP contribution in [0, 0.1) is 0 Å². The largest absolute Gasteiger partial charge is 0.549 e. The van der Waals surface area contributed by atoms with Gasteiger partial charge in [-0.25, -0.2) is 0 Å². The molecule has 1 unspecified atom stereocenters. The number of rotatable bonds is 3. The molecule has 0 radical (unpaired) electrons. The van der Waals surface area contributed by atoms with E-state index in [0.717, 1.165) is 22.8 Å². The van der Waals surface area contributed by atoms with E-state index < -0.39 is 11.2 Å². The number of carboxylic acids is 1. The number of benzene rings is 1. The van der Waals surface area contributed by atoms with Crippen LogP contribution < -0.4 is 5.11 Å². The molecule has 3 rings (SSSR count). The zero-order valence-electron chi connectivity index (χ0n) is 10.4. The molecule has 0 amide bonds. The number of carbonyl (C=O) groups is 1. The van der Waals surface area contributed by atoms with Crippen LogP contribution in [0.4, 0.5) is 0 Å². The van der Waals surface area contributed by atoms with E-state index in [9.17, 15) is 9.90 Å². The number of para-hydroxylation sites is 2. The molecule has 1 atom stereocenters. The highest BCUT2D eigenvalue weighted by atomic mass is 32.2. The van der Waals surface area contributed by atoms with Crippen molar-refractivity contribution in [3.05, 3.63) is 24.3 Å². The van der Waals surface area contributed by atoms with Crippen LogP contribution in [0.2, 0.25) is 0 Å². The van der Waals surface area contributed by atoms with Crippen LogP contribution in [0.3, 0.4) is 0 Å². The fourth-order valence-corrected chi connectivity index (χ4v) is 2.80. The van der Waals surface area contributed by atoms with E-state index >= 15 is 0 Å². The van der Waals surface area contributed by atoms with Crippen LogP contribution in [-0.2, 0) is 11.8 Å². The molecule has 0 aliphatic carbocycles. The second-order valence-electron chi connectivity index (χ2n) is 4.24. The van der Waals surface area contributed by atoms with Gasteiger partial charge in [-0.3, -0.25) is 4.40 Å². The quantitative estimate of drug-likeness (QED) is 0.649. The summed E-state index contributed by atoms with van der Waals surface area (Å²) >= 11 is 1.13. The van der Waals surface area contributed by atoms with E-state index in [2.05, 4.69) is 10.2 Å². The molecule has 0 aliphatic rings. The molecule has 0 saturated heterocycles. The summed E-state index contributed by atoms with van der Waals surface area (Å²) in [4.78, 5) is 10.8. The van der Waals surface area contributed by atoms with Crippen molar-refractivity contribution in [3.8, 4) is 0 Å². The number of thioether (sulfide) groups is 1. The van der Waals surface area contributed by atoms with Gasteiger partial charge in [-0.05, 0) is 19.1 Å². The van der Waals surface area contributed by atoms with Crippen molar-refractivity contribution in [1.82, 2.24) is 19.2 Å². The van der Waals surface area contributed by atoms with Crippen molar-refractivity contribution in [2.24, 2.45) is 7.05 Å². The number of carboxylic acid groups (broad SMARTS) is 1. The van der Waals surface area contributed by atoms with Gasteiger partial charge in [0, 0.05) is 12.3 Å². The molecule has 0 fully saturated rings. The topological polar surface area (TPSA) is 75.2 Å². The van der Waals surface area contributed by atoms with E-state index in [-0.39, 0.29) is 0 Å². The predicted octanol–water partition coefficient (Wildman–Crippen LogP) is 0.451. The summed E-state index contributed by atoms with van der Waals surface area (Å²) < 4.78 is 3.79. The Bertz CT molecular complexity index is 777. The van der Waals surface area contributed by atoms with Crippen molar-refractivity contribution in [1.29, 1.82) is 0 Å². The standard InChI is InChI=1S/C12H12N4O2S/c1-7(10(17)18)19-12-14-13-11-15(2)8-5-3-4-6-9(8)16(11)12/h3-7H,1-2H3,(H,17,18)/p-1. The molecular formula is C12H11N4O2S-. The summed E-state index contributed by atoms with van der Waals surface area (Å²) in [6.45, 7) is 1.58. The van der Waals surface area contributed by atoms with Crippen molar-refractivity contribution >= 4 is 34.5 Å². The first-order chi connectivity index (χ1) is 9.09. The second-order valence-corrected chi connectivity index (χ2v) is 5.55. The van der Waals surface area contributed by atoms with Crippen molar-refractivity contribution in [2.45, 2.75) is 17.3 Å². The Kier molecular flexibility index (Phi) is 2.70. The van der Waals surface area contributed by atoms with Gasteiger partial charge in [0.1, 0.15) is 0 Å². The molecule has 7 heteroatoms. The average Bonchev–Trinajstić information content (AvgIpc) is 2.92. The van der Waals surface area contributed by atoms with Gasteiger partial charge in [0.15, 0.2) is 5.16 Å². The summed E-state index contributed by atoms with van der Waals surface area (Å²) in [6, 6.07) is 7.82. The summed E-state index contributed by atoms with van der Waals surface area (Å²) in [5.74, 6) is -0.420. The molecule has 0 bridgehead atoms. The highest BCUT2D eigenvalue weighted by Gasteiger charge is 2.17. The number of imidazole rings is 1. The van der Waals surface area contributed by atoms with Crippen molar-refractivity contribution < 1.29 is 9.90 Å². The minimum Gasteiger partial charge on any atom is -0.549 e. The average molecular weight is 275 g/mol. The molecule has 98 valence electrons. The van der Waals surface area contributed by atoms with Gasteiger partial charge in [0.2, 0.25) is 5.78 Å². The van der Waals surface area contributed by atoms with Crippen LogP contribution in [-0.4, -0.2) is 30.4 Å². The molecular weight excluding hydrogens is 264 g/mol. The summed E-state index contributed by atoms with van der Waals surface area (Å²) in [7, 11) is 1.91. The minimum atomic E-state index is -1.11. The highest BCUT2D eigenvalue weighted by Crippen LogP contribution is 2.26. The van der Waals surface area contributed by atoms with E-state index in [1.165, 1.54) is 0 Å². The maximum Gasteiger partial charge on any atom is 0.236 e. The van der Waals surface area contributed by atoms with Gasteiger partial charge in [-0.1, -0.05) is 23.9 Å². The Morgan fingerprint density at radius 3 is 2.68 bits per heavy atom. The Hall–Kier alpha value is -2.02. The van der Waals surface area contributed by atoms with E-state index in [4.69, 9.17) is 0 Å². The molecule has 0 aliphatic heterocycles. The lowest BCUT2D eigenvalue weighted by Crippen LogP contribution is -2.31. The Labute approximate surface area is 113 Å². The normalized spacial score (nSPS) is 13.2. The third-order valence-electron chi connectivity index (χ3n) is 3.01. The van der Waals surface area contributed by atoms with Gasteiger partial charge in [-0.15, -0.1) is 10.2 Å². The SMILES string of the molecule is CC(Sc1nnc2n(C)c3ccccc3n12)C(=O)[O-]. The van der Waals surface area contributed by atoms with Gasteiger partial charge in [0.05, 0.1) is 17.0 Å². The smallest absolute Gasteiger partial charge is 0.236 e. The molecule has 0 spiro atoms. The molecule has 1 aromatic carbocycles. The number of aliphatic carboxylic acids is 1. The first-order valence-electron chi connectivity index (χ1n) is 5.75. The van der Waals surface area contributed by atoms with Crippen LogP contribution in [0.15, 0.2) is 29.4 Å². The number of fused-ring (bicyclic) bond motifs is 3. The summed E-state index contributed by atoms with van der Waals surface area (Å²) in [6.07, 6.45) is 0. The first kappa shape index (κ1) is 12.0. The van der Waals surface area contributed by atoms with Gasteiger partial charge < -0.3 is 14.5 Å². The molecule has 0 N–H and O–H groups in total. The Morgan fingerprint density at radius 1 is 1.32 bits per heavy atom. The van der Waals surface area contributed by atoms with Gasteiger partial charge in [0.25, 0.3) is 0 Å². The fraction of sp³-hybridized carbons (Fsp3) is 0.250. The molecule has 0 saturated carbocycles. The zero-order valence-corrected chi connectivity index (χ0v) is 11.2. The van der Waals surface area contributed by atoms with Crippen molar-refractivity contribution in [3.63, 3.8) is 0 Å². The van der Waals surface area contributed by atoms with Crippen LogP contribution in [0.1, 0.15) is 6.92 Å². The molecule has 2 heterocycles. The third kappa shape index (κ3) is 1.77. The lowest BCUT2D eigenvalue weighted by molar-refractivity contribution is -0.304. The monoisotopic (exact) mass is 275 g/mol. The third-order valence-corrected chi connectivity index (χ3v) is 4.04. The number of carbonyl (C=O) groups excluding carboxylic acids is 1.